The molecular weight excluding hydrogens is 408 g/mol. The Morgan fingerprint density at radius 2 is 1.06 bits per heavy atom. The van der Waals surface area contributed by atoms with Crippen LogP contribution < -0.4 is 0 Å². The van der Waals surface area contributed by atoms with E-state index in [0.717, 1.165) is 12.8 Å². The number of hydrogen-bond donors (Lipinski definition) is 0. The smallest absolute Gasteiger partial charge is 0.186 e. The fourth-order valence-corrected chi connectivity index (χ4v) is 4.49. The number of terminal acetylenes is 2. The molecule has 0 aromatic rings. The lowest BCUT2D eigenvalue weighted by Gasteiger charge is -2.25. The molecule has 2 heterocycles. The molecule has 2 rings (SSSR count). The largest absolute Gasteiger partial charge is 0.376 e. The van der Waals surface area contributed by atoms with Gasteiger partial charge in [0.15, 0.2) is 12.6 Å². The van der Waals surface area contributed by atoms with E-state index in [1.54, 1.807) is 14.2 Å². The Balaban J connectivity index is 0.000000320. The molecule has 0 aromatic carbocycles. The minimum atomic E-state index is -0.555. The second-order valence-electron chi connectivity index (χ2n) is 9.09. The molecule has 6 nitrogen and oxygen atoms in total. The van der Waals surface area contributed by atoms with Crippen LogP contribution in [0.3, 0.4) is 0 Å². The first-order valence-electron chi connectivity index (χ1n) is 11.7. The molecule has 0 bridgehead atoms. The van der Waals surface area contributed by atoms with Crippen LogP contribution in [0.15, 0.2) is 0 Å². The third-order valence-electron chi connectivity index (χ3n) is 6.54. The van der Waals surface area contributed by atoms with Gasteiger partial charge in [0.1, 0.15) is 23.4 Å². The molecule has 184 valence electrons. The molecule has 2 aliphatic rings. The zero-order valence-corrected chi connectivity index (χ0v) is 21.6. The van der Waals surface area contributed by atoms with Crippen molar-refractivity contribution in [2.24, 2.45) is 11.8 Å². The first-order chi connectivity index (χ1) is 15.0. The van der Waals surface area contributed by atoms with Crippen LogP contribution in [0.25, 0.3) is 0 Å². The quantitative estimate of drug-likeness (QED) is 0.509. The summed E-state index contributed by atoms with van der Waals surface area (Å²) in [5.74, 6) is 5.80. The fraction of sp³-hybridized carbons (Fsp3) is 0.846. The van der Waals surface area contributed by atoms with Gasteiger partial charge in [-0.05, 0) is 40.5 Å². The van der Waals surface area contributed by atoms with Gasteiger partial charge in [0.05, 0.1) is 12.2 Å². The summed E-state index contributed by atoms with van der Waals surface area (Å²) in [6, 6.07) is 0. The maximum atomic E-state index is 5.89. The van der Waals surface area contributed by atoms with E-state index in [1.807, 2.05) is 41.5 Å². The van der Waals surface area contributed by atoms with Gasteiger partial charge < -0.3 is 28.4 Å². The van der Waals surface area contributed by atoms with Crippen LogP contribution in [0.2, 0.25) is 0 Å². The summed E-state index contributed by atoms with van der Waals surface area (Å²) in [4.78, 5) is 0. The molecular formula is C26H44O6. The van der Waals surface area contributed by atoms with Crippen molar-refractivity contribution in [2.75, 3.05) is 14.2 Å². The number of hydrogen-bond acceptors (Lipinski definition) is 6. The van der Waals surface area contributed by atoms with Crippen LogP contribution in [0.5, 0.6) is 0 Å². The molecule has 0 aromatic heterocycles. The highest BCUT2D eigenvalue weighted by Gasteiger charge is 2.53. The molecule has 0 N–H and O–H groups in total. The summed E-state index contributed by atoms with van der Waals surface area (Å²) in [6.07, 6.45) is 12.0. The maximum Gasteiger partial charge on any atom is 0.186 e. The highest BCUT2D eigenvalue weighted by Crippen LogP contribution is 2.41. The van der Waals surface area contributed by atoms with E-state index in [2.05, 4.69) is 25.7 Å². The van der Waals surface area contributed by atoms with Gasteiger partial charge in [-0.15, -0.1) is 12.8 Å². The monoisotopic (exact) mass is 452 g/mol. The summed E-state index contributed by atoms with van der Waals surface area (Å²) in [5.41, 5.74) is -1.11. The molecule has 8 atom stereocenters. The van der Waals surface area contributed by atoms with Crippen molar-refractivity contribution in [3.05, 3.63) is 0 Å². The van der Waals surface area contributed by atoms with Crippen LogP contribution in [-0.4, -0.2) is 62.4 Å². The molecule has 2 aliphatic heterocycles. The second-order valence-corrected chi connectivity index (χ2v) is 9.09. The van der Waals surface area contributed by atoms with Gasteiger partial charge in [-0.3, -0.25) is 0 Å². The standard InChI is InChI=1S/2C13H22O3/c2*1-7-13(8-2)10(5)11(14-6)12(16-13)15-9(3)4/h2*1,9-12H,8H2,2-6H3/t2*10-,11+,12?,13?/m11/s1. The molecule has 2 fully saturated rings. The molecule has 0 saturated carbocycles. The first-order valence-corrected chi connectivity index (χ1v) is 11.7. The van der Waals surface area contributed by atoms with E-state index in [9.17, 15) is 0 Å². The van der Waals surface area contributed by atoms with Gasteiger partial charge in [0.25, 0.3) is 0 Å². The number of ether oxygens (including phenoxy) is 6. The van der Waals surface area contributed by atoms with E-state index in [1.165, 1.54) is 0 Å². The Kier molecular flexibility index (Phi) is 11.2. The Labute approximate surface area is 196 Å². The van der Waals surface area contributed by atoms with Crippen LogP contribution >= 0.6 is 0 Å². The van der Waals surface area contributed by atoms with Crippen molar-refractivity contribution in [1.82, 2.24) is 0 Å². The third-order valence-corrected chi connectivity index (χ3v) is 6.54. The molecule has 6 heteroatoms. The van der Waals surface area contributed by atoms with Crippen molar-refractivity contribution in [2.45, 2.75) is 116 Å². The molecule has 0 spiro atoms. The van der Waals surface area contributed by atoms with Gasteiger partial charge >= 0.3 is 0 Å². The molecule has 32 heavy (non-hydrogen) atoms. The van der Waals surface area contributed by atoms with Gasteiger partial charge in [0, 0.05) is 26.1 Å². The Hall–Kier alpha value is -1.12. The second kappa shape index (κ2) is 12.4. The Morgan fingerprint density at radius 1 is 0.750 bits per heavy atom. The van der Waals surface area contributed by atoms with Crippen LogP contribution in [0.4, 0.5) is 0 Å². The average molecular weight is 453 g/mol. The summed E-state index contributed by atoms with van der Waals surface area (Å²) in [6.45, 7) is 16.1. The normalized spacial score (nSPS) is 38.9. The minimum Gasteiger partial charge on any atom is -0.376 e. The van der Waals surface area contributed by atoms with E-state index in [-0.39, 0.29) is 48.8 Å². The van der Waals surface area contributed by atoms with Crippen molar-refractivity contribution in [1.29, 1.82) is 0 Å². The van der Waals surface area contributed by atoms with Crippen molar-refractivity contribution in [3.63, 3.8) is 0 Å². The Morgan fingerprint density at radius 3 is 1.25 bits per heavy atom. The highest BCUT2D eigenvalue weighted by atomic mass is 16.7. The first kappa shape index (κ1) is 28.9. The van der Waals surface area contributed by atoms with E-state index < -0.39 is 11.2 Å². The van der Waals surface area contributed by atoms with E-state index >= 15 is 0 Å². The zero-order valence-electron chi connectivity index (χ0n) is 21.6. The van der Waals surface area contributed by atoms with Crippen molar-refractivity contribution < 1.29 is 28.4 Å². The summed E-state index contributed by atoms with van der Waals surface area (Å²) in [5, 5.41) is 0. The lowest BCUT2D eigenvalue weighted by atomic mass is 9.86. The van der Waals surface area contributed by atoms with Gasteiger partial charge in [0.2, 0.25) is 0 Å². The molecule has 2 saturated heterocycles. The van der Waals surface area contributed by atoms with Crippen LogP contribution in [-0.2, 0) is 28.4 Å². The summed E-state index contributed by atoms with van der Waals surface area (Å²) >= 11 is 0. The van der Waals surface area contributed by atoms with E-state index in [4.69, 9.17) is 41.3 Å². The SMILES string of the molecule is C#CC1(CC)OC(OC(C)C)[C@@H](OC)[C@H]1C.C#CC1(CC)OC(OC(C)C)[C@@H](OC)[C@H]1C. The van der Waals surface area contributed by atoms with Crippen LogP contribution in [0.1, 0.15) is 68.2 Å². The topological polar surface area (TPSA) is 55.4 Å². The predicted octanol–water partition coefficient (Wildman–Crippen LogP) is 4.40. The van der Waals surface area contributed by atoms with E-state index in [0.29, 0.717) is 0 Å². The summed E-state index contributed by atoms with van der Waals surface area (Å²) in [7, 11) is 3.34. The highest BCUT2D eigenvalue weighted by molar-refractivity contribution is 5.16. The molecule has 4 unspecified atom stereocenters. The lowest BCUT2D eigenvalue weighted by Crippen LogP contribution is -2.35. The van der Waals surface area contributed by atoms with Crippen molar-refractivity contribution in [3.8, 4) is 24.7 Å². The van der Waals surface area contributed by atoms with Gasteiger partial charge in [-0.25, -0.2) is 0 Å². The molecule has 0 aliphatic carbocycles. The Bertz CT molecular complexity index is 594. The predicted molar refractivity (Wildman–Crippen MR) is 126 cm³/mol. The summed E-state index contributed by atoms with van der Waals surface area (Å²) < 4.78 is 34.1. The fourth-order valence-electron chi connectivity index (χ4n) is 4.49. The molecule has 0 radical (unpaired) electrons. The average Bonchev–Trinajstić information content (AvgIpc) is 3.17. The zero-order chi connectivity index (χ0) is 24.7. The van der Waals surface area contributed by atoms with Gasteiger partial charge in [-0.1, -0.05) is 39.5 Å². The lowest BCUT2D eigenvalue weighted by molar-refractivity contribution is -0.199. The maximum absolute atomic E-state index is 5.89. The van der Waals surface area contributed by atoms with Crippen molar-refractivity contribution >= 4 is 0 Å². The number of methoxy groups -OCH3 is 2. The van der Waals surface area contributed by atoms with Gasteiger partial charge in [-0.2, -0.15) is 0 Å². The third kappa shape index (κ3) is 6.06. The van der Waals surface area contributed by atoms with Crippen LogP contribution in [0, 0.1) is 36.5 Å². The number of rotatable bonds is 8. The minimum absolute atomic E-state index is 0.0975. The molecule has 0 amide bonds.